The summed E-state index contributed by atoms with van der Waals surface area (Å²) in [5.74, 6) is 0. The summed E-state index contributed by atoms with van der Waals surface area (Å²) in [6.45, 7) is 0. The standard InChI is InChI=1S/C15H11ClSi/c16-17-10-14-7-3-6-13-8-11-4-1-2-5-12(11)9-15(13)14/h1-9H,10H2. The van der Waals surface area contributed by atoms with Crippen LogP contribution in [0.3, 0.4) is 0 Å². The Bertz CT molecular complexity index is 676. The highest BCUT2D eigenvalue weighted by molar-refractivity contribution is 6.93. The van der Waals surface area contributed by atoms with Gasteiger partial charge in [-0.3, -0.25) is 0 Å². The predicted octanol–water partition coefficient (Wildman–Crippen LogP) is 4.35. The predicted molar refractivity (Wildman–Crippen MR) is 76.8 cm³/mol. The molecule has 3 rings (SSSR count). The molecule has 0 N–H and O–H groups in total. The third-order valence-corrected chi connectivity index (χ3v) is 4.01. The van der Waals surface area contributed by atoms with Crippen molar-refractivity contribution in [2.24, 2.45) is 0 Å². The van der Waals surface area contributed by atoms with Gasteiger partial charge in [0.25, 0.3) is 0 Å². The Balaban J connectivity index is 2.35. The molecule has 0 saturated carbocycles. The van der Waals surface area contributed by atoms with Crippen LogP contribution in [-0.4, -0.2) is 8.83 Å². The minimum absolute atomic E-state index is 0.448. The van der Waals surface area contributed by atoms with Gasteiger partial charge in [-0.2, -0.15) is 11.1 Å². The molecule has 0 aromatic heterocycles. The van der Waals surface area contributed by atoms with Crippen LogP contribution in [0.1, 0.15) is 5.56 Å². The molecular weight excluding hydrogens is 244 g/mol. The Morgan fingerprint density at radius 2 is 1.53 bits per heavy atom. The summed E-state index contributed by atoms with van der Waals surface area (Å²) >= 11 is 5.88. The van der Waals surface area contributed by atoms with Gasteiger partial charge in [-0.25, -0.2) is 0 Å². The number of hydrogen-bond acceptors (Lipinski definition) is 0. The lowest BCUT2D eigenvalue weighted by molar-refractivity contribution is 1.45. The topological polar surface area (TPSA) is 0 Å². The van der Waals surface area contributed by atoms with E-state index in [1.54, 1.807) is 0 Å². The second-order valence-corrected chi connectivity index (χ2v) is 5.57. The number of hydrogen-bond donors (Lipinski definition) is 0. The zero-order chi connectivity index (χ0) is 11.7. The largest absolute Gasteiger partial charge is 0.176 e. The van der Waals surface area contributed by atoms with E-state index in [2.05, 4.69) is 54.6 Å². The summed E-state index contributed by atoms with van der Waals surface area (Å²) < 4.78 is 0. The molecule has 0 unspecified atom stereocenters. The lowest BCUT2D eigenvalue weighted by Crippen LogP contribution is -1.90. The van der Waals surface area contributed by atoms with Crippen molar-refractivity contribution in [3.05, 3.63) is 60.2 Å². The third kappa shape index (κ3) is 1.96. The normalized spacial score (nSPS) is 11.1. The van der Waals surface area contributed by atoms with Gasteiger partial charge in [0.15, 0.2) is 8.83 Å². The highest BCUT2D eigenvalue weighted by atomic mass is 35.6. The molecular formula is C15H11ClSi. The van der Waals surface area contributed by atoms with Gasteiger partial charge in [0.1, 0.15) is 0 Å². The van der Waals surface area contributed by atoms with E-state index >= 15 is 0 Å². The summed E-state index contributed by atoms with van der Waals surface area (Å²) in [4.78, 5) is 0. The van der Waals surface area contributed by atoms with Crippen molar-refractivity contribution in [3.63, 3.8) is 0 Å². The average molecular weight is 255 g/mol. The molecule has 0 saturated heterocycles. The molecule has 0 aliphatic rings. The van der Waals surface area contributed by atoms with E-state index < -0.39 is 0 Å². The fraction of sp³-hybridized carbons (Fsp3) is 0.0667. The maximum atomic E-state index is 5.88. The molecule has 3 aromatic carbocycles. The van der Waals surface area contributed by atoms with Crippen molar-refractivity contribution in [3.8, 4) is 0 Å². The monoisotopic (exact) mass is 254 g/mol. The van der Waals surface area contributed by atoms with E-state index in [-0.39, 0.29) is 0 Å². The van der Waals surface area contributed by atoms with E-state index in [9.17, 15) is 0 Å². The first kappa shape index (κ1) is 10.8. The van der Waals surface area contributed by atoms with Gasteiger partial charge < -0.3 is 0 Å². The van der Waals surface area contributed by atoms with Crippen LogP contribution in [0.25, 0.3) is 21.5 Å². The average Bonchev–Trinajstić information content (AvgIpc) is 2.37. The summed E-state index contributed by atoms with van der Waals surface area (Å²) in [7, 11) is 0.448. The van der Waals surface area contributed by atoms with E-state index in [1.165, 1.54) is 27.1 Å². The van der Waals surface area contributed by atoms with Crippen LogP contribution in [-0.2, 0) is 6.04 Å². The van der Waals surface area contributed by atoms with Crippen LogP contribution in [0.5, 0.6) is 0 Å². The first-order valence-electron chi connectivity index (χ1n) is 5.62. The molecule has 0 nitrogen and oxygen atoms in total. The fourth-order valence-electron chi connectivity index (χ4n) is 2.26. The lowest BCUT2D eigenvalue weighted by atomic mass is 10.0. The van der Waals surface area contributed by atoms with Gasteiger partial charge >= 0.3 is 0 Å². The van der Waals surface area contributed by atoms with Gasteiger partial charge in [0.2, 0.25) is 0 Å². The molecule has 2 radical (unpaired) electrons. The molecule has 0 atom stereocenters. The number of fused-ring (bicyclic) bond motifs is 2. The van der Waals surface area contributed by atoms with E-state index in [4.69, 9.17) is 11.1 Å². The lowest BCUT2D eigenvalue weighted by Gasteiger charge is -2.06. The Morgan fingerprint density at radius 3 is 2.29 bits per heavy atom. The van der Waals surface area contributed by atoms with Crippen LogP contribution >= 0.6 is 11.1 Å². The number of halogens is 1. The Kier molecular flexibility index (Phi) is 2.87. The SMILES string of the molecule is Cl[Si]Cc1cccc2cc3ccccc3cc12. The van der Waals surface area contributed by atoms with Crippen molar-refractivity contribution in [2.75, 3.05) is 0 Å². The summed E-state index contributed by atoms with van der Waals surface area (Å²) in [6.07, 6.45) is 0. The maximum absolute atomic E-state index is 5.88. The summed E-state index contributed by atoms with van der Waals surface area (Å²) in [5, 5.41) is 5.23. The van der Waals surface area contributed by atoms with Crippen molar-refractivity contribution in [1.29, 1.82) is 0 Å². The van der Waals surface area contributed by atoms with Crippen LogP contribution in [0.4, 0.5) is 0 Å². The van der Waals surface area contributed by atoms with Crippen LogP contribution < -0.4 is 0 Å². The van der Waals surface area contributed by atoms with Crippen LogP contribution in [0.2, 0.25) is 0 Å². The molecule has 0 bridgehead atoms. The van der Waals surface area contributed by atoms with Crippen molar-refractivity contribution in [1.82, 2.24) is 0 Å². The Morgan fingerprint density at radius 1 is 0.824 bits per heavy atom. The van der Waals surface area contributed by atoms with Gasteiger partial charge in [0.05, 0.1) is 0 Å². The zero-order valence-corrected chi connectivity index (χ0v) is 11.0. The molecule has 0 fully saturated rings. The van der Waals surface area contributed by atoms with Gasteiger partial charge in [0, 0.05) is 0 Å². The van der Waals surface area contributed by atoms with E-state index in [0.717, 1.165) is 6.04 Å². The minimum Gasteiger partial charge on any atom is -0.171 e. The molecule has 0 heterocycles. The molecule has 17 heavy (non-hydrogen) atoms. The highest BCUT2D eigenvalue weighted by Crippen LogP contribution is 2.25. The molecule has 3 aromatic rings. The van der Waals surface area contributed by atoms with Crippen LogP contribution in [0, 0.1) is 0 Å². The van der Waals surface area contributed by atoms with Crippen molar-refractivity contribution >= 4 is 41.5 Å². The first-order chi connectivity index (χ1) is 8.38. The van der Waals surface area contributed by atoms with Gasteiger partial charge in [-0.05, 0) is 45.3 Å². The minimum atomic E-state index is 0.448. The van der Waals surface area contributed by atoms with E-state index in [0.29, 0.717) is 8.83 Å². The zero-order valence-electron chi connectivity index (χ0n) is 9.28. The Hall–Kier alpha value is -1.31. The van der Waals surface area contributed by atoms with Gasteiger partial charge in [-0.15, -0.1) is 0 Å². The fourth-order valence-corrected chi connectivity index (χ4v) is 3.14. The Labute approximate surface area is 108 Å². The maximum Gasteiger partial charge on any atom is 0.176 e. The summed E-state index contributed by atoms with van der Waals surface area (Å²) in [5.41, 5.74) is 1.35. The smallest absolute Gasteiger partial charge is 0.171 e. The molecule has 0 aliphatic heterocycles. The highest BCUT2D eigenvalue weighted by Gasteiger charge is 2.02. The third-order valence-electron chi connectivity index (χ3n) is 3.09. The molecule has 0 amide bonds. The summed E-state index contributed by atoms with van der Waals surface area (Å²) in [6, 6.07) is 20.4. The molecule has 2 heteroatoms. The second-order valence-electron chi connectivity index (χ2n) is 4.15. The van der Waals surface area contributed by atoms with Crippen LogP contribution in [0.15, 0.2) is 54.6 Å². The van der Waals surface area contributed by atoms with Crippen molar-refractivity contribution < 1.29 is 0 Å². The quantitative estimate of drug-likeness (QED) is 0.362. The number of rotatable bonds is 2. The van der Waals surface area contributed by atoms with Gasteiger partial charge in [-0.1, -0.05) is 42.5 Å². The van der Waals surface area contributed by atoms with E-state index in [1.807, 2.05) is 0 Å². The molecule has 0 spiro atoms. The number of benzene rings is 3. The van der Waals surface area contributed by atoms with Crippen molar-refractivity contribution in [2.45, 2.75) is 6.04 Å². The molecule has 82 valence electrons. The first-order valence-corrected chi connectivity index (χ1v) is 7.84. The second kappa shape index (κ2) is 4.51. The molecule has 0 aliphatic carbocycles.